The van der Waals surface area contributed by atoms with E-state index < -0.39 is 5.82 Å². The molecule has 0 aliphatic heterocycles. The van der Waals surface area contributed by atoms with Gasteiger partial charge >= 0.3 is 0 Å². The summed E-state index contributed by atoms with van der Waals surface area (Å²) in [5.74, 6) is 5.10. The zero-order chi connectivity index (χ0) is 13.8. The van der Waals surface area contributed by atoms with Gasteiger partial charge in [-0.15, -0.1) is 11.8 Å². The molecule has 4 nitrogen and oxygen atoms in total. The highest BCUT2D eigenvalue weighted by Gasteiger charge is 2.10. The first-order valence-electron chi connectivity index (χ1n) is 5.48. The first-order chi connectivity index (χ1) is 9.10. The number of hydrogen-bond acceptors (Lipinski definition) is 5. The summed E-state index contributed by atoms with van der Waals surface area (Å²) in [6, 6.07) is 6.20. The monoisotopic (exact) mass is 282 g/mol. The van der Waals surface area contributed by atoms with Crippen molar-refractivity contribution < 1.29 is 8.78 Å². The van der Waals surface area contributed by atoms with Crippen molar-refractivity contribution in [3.8, 4) is 0 Å². The molecule has 0 unspecified atom stereocenters. The number of thioether (sulfide) groups is 1. The molecule has 19 heavy (non-hydrogen) atoms. The van der Waals surface area contributed by atoms with Crippen LogP contribution in [0.5, 0.6) is 0 Å². The molecule has 0 bridgehead atoms. The standard InChI is InChI=1S/C12H12F2N4S/c1-7-11(14)12(18-15)17-10(16-7)6-19-9-4-2-3-8(13)5-9/h2-5H,6,15H2,1H3,(H,16,17,18). The van der Waals surface area contributed by atoms with E-state index in [1.165, 1.54) is 30.8 Å². The lowest BCUT2D eigenvalue weighted by Gasteiger charge is -2.07. The van der Waals surface area contributed by atoms with Crippen molar-refractivity contribution in [1.29, 1.82) is 0 Å². The minimum Gasteiger partial charge on any atom is -0.306 e. The van der Waals surface area contributed by atoms with Gasteiger partial charge in [-0.05, 0) is 25.1 Å². The van der Waals surface area contributed by atoms with E-state index in [2.05, 4.69) is 15.4 Å². The summed E-state index contributed by atoms with van der Waals surface area (Å²) in [6.07, 6.45) is 0. The normalized spacial score (nSPS) is 10.5. The Labute approximate surface area is 113 Å². The van der Waals surface area contributed by atoms with E-state index in [4.69, 9.17) is 5.84 Å². The van der Waals surface area contributed by atoms with Crippen molar-refractivity contribution in [3.05, 3.63) is 47.4 Å². The third-order valence-corrected chi connectivity index (χ3v) is 3.35. The molecule has 1 heterocycles. The van der Waals surface area contributed by atoms with Gasteiger partial charge in [0.25, 0.3) is 0 Å². The van der Waals surface area contributed by atoms with Gasteiger partial charge in [0.1, 0.15) is 11.6 Å². The molecule has 7 heteroatoms. The summed E-state index contributed by atoms with van der Waals surface area (Å²) in [4.78, 5) is 8.73. The predicted molar refractivity (Wildman–Crippen MR) is 70.5 cm³/mol. The number of nitrogen functional groups attached to an aromatic ring is 1. The van der Waals surface area contributed by atoms with Crippen LogP contribution in [0, 0.1) is 18.6 Å². The number of benzene rings is 1. The Hall–Kier alpha value is -1.73. The molecular formula is C12H12F2N4S. The minimum absolute atomic E-state index is 0.0395. The summed E-state index contributed by atoms with van der Waals surface area (Å²) in [5.41, 5.74) is 2.41. The molecule has 0 spiro atoms. The van der Waals surface area contributed by atoms with Crippen LogP contribution >= 0.6 is 11.8 Å². The number of hydrazine groups is 1. The lowest BCUT2D eigenvalue weighted by molar-refractivity contribution is 0.602. The molecule has 0 atom stereocenters. The van der Waals surface area contributed by atoms with Gasteiger partial charge < -0.3 is 5.43 Å². The van der Waals surface area contributed by atoms with Crippen molar-refractivity contribution >= 4 is 17.6 Å². The summed E-state index contributed by atoms with van der Waals surface area (Å²) >= 11 is 1.37. The van der Waals surface area contributed by atoms with E-state index in [9.17, 15) is 8.78 Å². The molecular weight excluding hydrogens is 270 g/mol. The van der Waals surface area contributed by atoms with Gasteiger partial charge in [-0.2, -0.15) is 0 Å². The molecule has 0 amide bonds. The van der Waals surface area contributed by atoms with Crippen LogP contribution in [-0.4, -0.2) is 9.97 Å². The largest absolute Gasteiger partial charge is 0.306 e. The fourth-order valence-corrected chi connectivity index (χ4v) is 2.28. The fraction of sp³-hybridized carbons (Fsp3) is 0.167. The lowest BCUT2D eigenvalue weighted by atomic mass is 10.4. The molecule has 0 aliphatic carbocycles. The number of aromatic nitrogens is 2. The molecule has 2 rings (SSSR count). The maximum Gasteiger partial charge on any atom is 0.187 e. The zero-order valence-electron chi connectivity index (χ0n) is 10.2. The van der Waals surface area contributed by atoms with Crippen molar-refractivity contribution in [2.75, 3.05) is 5.43 Å². The second kappa shape index (κ2) is 5.94. The third kappa shape index (κ3) is 3.39. The fourth-order valence-electron chi connectivity index (χ4n) is 1.48. The molecule has 0 saturated heterocycles. The number of rotatable bonds is 4. The van der Waals surface area contributed by atoms with Gasteiger partial charge in [0.2, 0.25) is 0 Å². The van der Waals surface area contributed by atoms with E-state index >= 15 is 0 Å². The number of nitrogens with zero attached hydrogens (tertiary/aromatic N) is 2. The number of anilines is 1. The van der Waals surface area contributed by atoms with Crippen LogP contribution in [0.2, 0.25) is 0 Å². The molecule has 1 aromatic carbocycles. The first-order valence-corrected chi connectivity index (χ1v) is 6.46. The van der Waals surface area contributed by atoms with E-state index in [0.29, 0.717) is 11.6 Å². The highest BCUT2D eigenvalue weighted by Crippen LogP contribution is 2.23. The molecule has 2 aromatic rings. The second-order valence-corrected chi connectivity index (χ2v) is 4.83. The smallest absolute Gasteiger partial charge is 0.187 e. The Morgan fingerprint density at radius 2 is 2.11 bits per heavy atom. The summed E-state index contributed by atoms with van der Waals surface area (Å²) < 4.78 is 26.5. The quantitative estimate of drug-likeness (QED) is 0.513. The molecule has 3 N–H and O–H groups in total. The average molecular weight is 282 g/mol. The zero-order valence-corrected chi connectivity index (χ0v) is 11.0. The number of hydrogen-bond donors (Lipinski definition) is 2. The SMILES string of the molecule is Cc1nc(CSc2cccc(F)c2)nc(NN)c1F. The Balaban J connectivity index is 2.13. The number of aryl methyl sites for hydroxylation is 1. The maximum atomic E-state index is 13.5. The van der Waals surface area contributed by atoms with Crippen LogP contribution < -0.4 is 11.3 Å². The van der Waals surface area contributed by atoms with Gasteiger partial charge in [0.15, 0.2) is 11.6 Å². The van der Waals surface area contributed by atoms with Crippen molar-refractivity contribution in [2.24, 2.45) is 5.84 Å². The van der Waals surface area contributed by atoms with E-state index in [1.54, 1.807) is 12.1 Å². The van der Waals surface area contributed by atoms with Gasteiger partial charge in [-0.25, -0.2) is 24.6 Å². The van der Waals surface area contributed by atoms with Crippen LogP contribution in [0.1, 0.15) is 11.5 Å². The van der Waals surface area contributed by atoms with Gasteiger partial charge in [-0.3, -0.25) is 0 Å². The first kappa shape index (κ1) is 13.7. The van der Waals surface area contributed by atoms with Crippen molar-refractivity contribution in [2.45, 2.75) is 17.6 Å². The van der Waals surface area contributed by atoms with E-state index in [-0.39, 0.29) is 17.3 Å². The molecule has 1 aromatic heterocycles. The van der Waals surface area contributed by atoms with Crippen LogP contribution in [-0.2, 0) is 5.75 Å². The van der Waals surface area contributed by atoms with E-state index in [1.807, 2.05) is 0 Å². The van der Waals surface area contributed by atoms with Gasteiger partial charge in [0, 0.05) is 4.90 Å². The Bertz CT molecular complexity index is 592. The molecule has 0 radical (unpaired) electrons. The lowest BCUT2D eigenvalue weighted by Crippen LogP contribution is -2.13. The maximum absolute atomic E-state index is 13.5. The molecule has 100 valence electrons. The van der Waals surface area contributed by atoms with Crippen LogP contribution in [0.25, 0.3) is 0 Å². The Kier molecular flexibility index (Phi) is 4.28. The number of halogens is 2. The second-order valence-electron chi connectivity index (χ2n) is 3.78. The molecule has 0 aliphatic rings. The Morgan fingerprint density at radius 3 is 2.79 bits per heavy atom. The van der Waals surface area contributed by atoms with Gasteiger partial charge in [0.05, 0.1) is 11.4 Å². The summed E-state index contributed by atoms with van der Waals surface area (Å²) in [7, 11) is 0. The number of nitrogens with one attached hydrogen (secondary N) is 1. The average Bonchev–Trinajstić information content (AvgIpc) is 2.40. The highest BCUT2D eigenvalue weighted by atomic mass is 32.2. The summed E-state index contributed by atoms with van der Waals surface area (Å²) in [6.45, 7) is 1.54. The molecule has 0 fully saturated rings. The highest BCUT2D eigenvalue weighted by molar-refractivity contribution is 7.98. The van der Waals surface area contributed by atoms with Crippen molar-refractivity contribution in [3.63, 3.8) is 0 Å². The van der Waals surface area contributed by atoms with Crippen molar-refractivity contribution in [1.82, 2.24) is 9.97 Å². The minimum atomic E-state index is -0.568. The summed E-state index contributed by atoms with van der Waals surface area (Å²) in [5, 5.41) is 0. The van der Waals surface area contributed by atoms with Gasteiger partial charge in [-0.1, -0.05) is 6.07 Å². The van der Waals surface area contributed by atoms with Crippen LogP contribution in [0.4, 0.5) is 14.6 Å². The van der Waals surface area contributed by atoms with E-state index in [0.717, 1.165) is 4.90 Å². The number of nitrogens with two attached hydrogens (primary N) is 1. The van der Waals surface area contributed by atoms with Crippen LogP contribution in [0.15, 0.2) is 29.2 Å². The third-order valence-electron chi connectivity index (χ3n) is 2.36. The Morgan fingerprint density at radius 1 is 1.32 bits per heavy atom. The topological polar surface area (TPSA) is 63.8 Å². The van der Waals surface area contributed by atoms with Crippen LogP contribution in [0.3, 0.4) is 0 Å². The molecule has 0 saturated carbocycles. The predicted octanol–water partition coefficient (Wildman–Crippen LogP) is 2.64.